The van der Waals surface area contributed by atoms with Crippen molar-refractivity contribution in [3.05, 3.63) is 118 Å². The number of halogens is 2. The van der Waals surface area contributed by atoms with Gasteiger partial charge in [0.05, 0.1) is 17.3 Å². The molecule has 1 aromatic heterocycles. The molecule has 0 aliphatic carbocycles. The minimum Gasteiger partial charge on any atom is -0.295 e. The van der Waals surface area contributed by atoms with Crippen molar-refractivity contribution in [2.75, 3.05) is 5.01 Å². The maximum Gasteiger partial charge on any atom is 0.275 e. The van der Waals surface area contributed by atoms with Crippen molar-refractivity contribution in [3.63, 3.8) is 0 Å². The molecular formula is C27H22F2N4O2. The highest BCUT2D eigenvalue weighted by atomic mass is 19.1. The third kappa shape index (κ3) is 3.97. The average Bonchev–Trinajstić information content (AvgIpc) is 3.31. The van der Waals surface area contributed by atoms with Gasteiger partial charge >= 0.3 is 0 Å². The van der Waals surface area contributed by atoms with Crippen LogP contribution in [0.2, 0.25) is 0 Å². The SMILES string of the molecule is CC1=NN(c2ccc(F)cc2)C(=O)[C@H]1[C@H](c1ccccc1)c1c(C)[nH]n(-c2ccc(F)cc2)c1=O. The zero-order valence-corrected chi connectivity index (χ0v) is 19.1. The number of carbonyl (C=O) groups excluding carboxylic acids is 1. The lowest BCUT2D eigenvalue weighted by molar-refractivity contribution is -0.120. The Morgan fingerprint density at radius 2 is 1.40 bits per heavy atom. The molecule has 2 heterocycles. The summed E-state index contributed by atoms with van der Waals surface area (Å²) in [5.41, 5.74) is 2.94. The summed E-state index contributed by atoms with van der Waals surface area (Å²) in [6.45, 7) is 3.53. The van der Waals surface area contributed by atoms with Gasteiger partial charge in [-0.15, -0.1) is 0 Å². The fourth-order valence-electron chi connectivity index (χ4n) is 4.61. The molecule has 35 heavy (non-hydrogen) atoms. The number of hydrogen-bond donors (Lipinski definition) is 1. The molecule has 0 spiro atoms. The van der Waals surface area contributed by atoms with Gasteiger partial charge in [0.25, 0.3) is 11.5 Å². The van der Waals surface area contributed by atoms with Crippen molar-refractivity contribution in [3.8, 4) is 5.69 Å². The van der Waals surface area contributed by atoms with Crippen molar-refractivity contribution in [2.24, 2.45) is 11.0 Å². The fourth-order valence-corrected chi connectivity index (χ4v) is 4.61. The van der Waals surface area contributed by atoms with Crippen molar-refractivity contribution in [1.29, 1.82) is 0 Å². The number of H-pyrrole nitrogens is 1. The molecule has 4 aromatic rings. The summed E-state index contributed by atoms with van der Waals surface area (Å²) in [6.07, 6.45) is 0. The molecule has 1 aliphatic heterocycles. The predicted molar refractivity (Wildman–Crippen MR) is 130 cm³/mol. The molecule has 176 valence electrons. The van der Waals surface area contributed by atoms with Gasteiger partial charge in [-0.25, -0.2) is 18.5 Å². The second kappa shape index (κ2) is 8.79. The number of aryl methyl sites for hydroxylation is 1. The number of carbonyl (C=O) groups is 1. The molecule has 1 N–H and O–H groups in total. The number of nitrogens with one attached hydrogen (secondary N) is 1. The van der Waals surface area contributed by atoms with E-state index < -0.39 is 23.5 Å². The molecule has 0 unspecified atom stereocenters. The van der Waals surface area contributed by atoms with Crippen LogP contribution in [0.15, 0.2) is 88.8 Å². The zero-order valence-electron chi connectivity index (χ0n) is 19.1. The highest BCUT2D eigenvalue weighted by Gasteiger charge is 2.43. The molecule has 3 aromatic carbocycles. The Labute approximate surface area is 200 Å². The molecule has 6 nitrogen and oxygen atoms in total. The summed E-state index contributed by atoms with van der Waals surface area (Å²) in [6, 6.07) is 20.4. The molecule has 0 radical (unpaired) electrons. The maximum atomic E-state index is 13.7. The lowest BCUT2D eigenvalue weighted by atomic mass is 9.78. The first kappa shape index (κ1) is 22.5. The van der Waals surface area contributed by atoms with Gasteiger partial charge < -0.3 is 0 Å². The lowest BCUT2D eigenvalue weighted by Gasteiger charge is -2.23. The molecule has 1 amide bonds. The quantitative estimate of drug-likeness (QED) is 0.448. The Hall–Kier alpha value is -4.33. The van der Waals surface area contributed by atoms with Crippen molar-refractivity contribution in [2.45, 2.75) is 19.8 Å². The zero-order chi connectivity index (χ0) is 24.7. The van der Waals surface area contributed by atoms with Crippen molar-refractivity contribution >= 4 is 17.3 Å². The summed E-state index contributed by atoms with van der Waals surface area (Å²) in [5.74, 6) is -2.49. The molecule has 8 heteroatoms. The number of hydrazone groups is 1. The second-order valence-electron chi connectivity index (χ2n) is 8.50. The largest absolute Gasteiger partial charge is 0.295 e. The number of anilines is 1. The molecule has 0 saturated heterocycles. The van der Waals surface area contributed by atoms with Gasteiger partial charge in [-0.3, -0.25) is 14.7 Å². The van der Waals surface area contributed by atoms with Gasteiger partial charge in [0, 0.05) is 22.9 Å². The van der Waals surface area contributed by atoms with E-state index in [2.05, 4.69) is 10.2 Å². The van der Waals surface area contributed by atoms with Gasteiger partial charge in [0.2, 0.25) is 0 Å². The van der Waals surface area contributed by atoms with Crippen LogP contribution in [0.25, 0.3) is 5.69 Å². The second-order valence-corrected chi connectivity index (χ2v) is 8.50. The highest BCUT2D eigenvalue weighted by Crippen LogP contribution is 2.38. The first-order valence-electron chi connectivity index (χ1n) is 11.1. The van der Waals surface area contributed by atoms with Crippen LogP contribution in [-0.4, -0.2) is 21.4 Å². The molecule has 5 rings (SSSR count). The molecule has 0 fully saturated rings. The Balaban J connectivity index is 1.63. The van der Waals surface area contributed by atoms with E-state index in [1.807, 2.05) is 30.3 Å². The van der Waals surface area contributed by atoms with Crippen LogP contribution < -0.4 is 10.6 Å². The van der Waals surface area contributed by atoms with E-state index in [0.29, 0.717) is 28.3 Å². The monoisotopic (exact) mass is 472 g/mol. The number of hydrogen-bond acceptors (Lipinski definition) is 3. The highest BCUT2D eigenvalue weighted by molar-refractivity contribution is 6.15. The van der Waals surface area contributed by atoms with Crippen LogP contribution in [0.3, 0.4) is 0 Å². The van der Waals surface area contributed by atoms with Gasteiger partial charge in [-0.05, 0) is 67.9 Å². The minimum atomic E-state index is -0.744. The summed E-state index contributed by atoms with van der Waals surface area (Å²) >= 11 is 0. The third-order valence-corrected chi connectivity index (χ3v) is 6.26. The fraction of sp³-hybridized carbons (Fsp3) is 0.148. The van der Waals surface area contributed by atoms with Crippen LogP contribution in [0, 0.1) is 24.5 Å². The standard InChI is InChI=1S/C27H22F2N4O2/c1-16-23(26(34)32(30-16)21-12-8-19(28)9-13-21)25(18-6-4-3-5-7-18)24-17(2)31-33(27(24)35)22-14-10-20(29)11-15-22/h3-15,23,25,31H,1-2H3/t23-,25+/m1/s1. The minimum absolute atomic E-state index is 0.309. The van der Waals surface area contributed by atoms with E-state index in [4.69, 9.17) is 0 Å². The van der Waals surface area contributed by atoms with Crippen molar-refractivity contribution in [1.82, 2.24) is 9.78 Å². The Morgan fingerprint density at radius 3 is 2.00 bits per heavy atom. The summed E-state index contributed by atoms with van der Waals surface area (Å²) in [7, 11) is 0. The molecular weight excluding hydrogens is 450 g/mol. The smallest absolute Gasteiger partial charge is 0.275 e. The van der Waals surface area contributed by atoms with Gasteiger partial charge in [-0.2, -0.15) is 5.10 Å². The van der Waals surface area contributed by atoms with Gasteiger partial charge in [0.1, 0.15) is 11.6 Å². The molecule has 0 saturated carbocycles. The van der Waals surface area contributed by atoms with E-state index in [9.17, 15) is 18.4 Å². The topological polar surface area (TPSA) is 70.5 Å². The van der Waals surface area contributed by atoms with Crippen LogP contribution in [0.1, 0.15) is 29.7 Å². The summed E-state index contributed by atoms with van der Waals surface area (Å²) in [4.78, 5) is 27.4. The number of aromatic nitrogens is 2. The summed E-state index contributed by atoms with van der Waals surface area (Å²) in [5, 5.41) is 8.81. The van der Waals surface area contributed by atoms with E-state index >= 15 is 0 Å². The van der Waals surface area contributed by atoms with E-state index in [0.717, 1.165) is 5.56 Å². The van der Waals surface area contributed by atoms with Crippen LogP contribution in [-0.2, 0) is 4.79 Å². The number of aromatic amines is 1. The van der Waals surface area contributed by atoms with Crippen LogP contribution in [0.4, 0.5) is 14.5 Å². The third-order valence-electron chi connectivity index (χ3n) is 6.26. The molecule has 1 aliphatic rings. The number of amides is 1. The van der Waals surface area contributed by atoms with Crippen molar-refractivity contribution < 1.29 is 13.6 Å². The van der Waals surface area contributed by atoms with E-state index in [1.54, 1.807) is 13.8 Å². The normalized spacial score (nSPS) is 16.5. The lowest BCUT2D eigenvalue weighted by Crippen LogP contribution is -2.34. The average molecular weight is 472 g/mol. The number of benzene rings is 3. The molecule has 0 bridgehead atoms. The first-order chi connectivity index (χ1) is 16.8. The number of rotatable bonds is 5. The Kier molecular flexibility index (Phi) is 5.64. The van der Waals surface area contributed by atoms with Crippen LogP contribution >= 0.6 is 0 Å². The first-order valence-corrected chi connectivity index (χ1v) is 11.1. The predicted octanol–water partition coefficient (Wildman–Crippen LogP) is 4.92. The Morgan fingerprint density at radius 1 is 0.829 bits per heavy atom. The van der Waals surface area contributed by atoms with Gasteiger partial charge in [0.15, 0.2) is 0 Å². The number of nitrogens with zero attached hydrogens (tertiary/aromatic N) is 3. The van der Waals surface area contributed by atoms with E-state index in [1.165, 1.54) is 58.2 Å². The maximum absolute atomic E-state index is 13.7. The summed E-state index contributed by atoms with van der Waals surface area (Å²) < 4.78 is 28.3. The van der Waals surface area contributed by atoms with E-state index in [-0.39, 0.29) is 11.5 Å². The Bertz CT molecular complexity index is 1470. The molecule has 2 atom stereocenters. The van der Waals surface area contributed by atoms with Crippen LogP contribution in [0.5, 0.6) is 0 Å². The van der Waals surface area contributed by atoms with Gasteiger partial charge in [-0.1, -0.05) is 30.3 Å².